The van der Waals surface area contributed by atoms with Gasteiger partial charge in [-0.15, -0.1) is 12.4 Å². The Labute approximate surface area is 149 Å². The average Bonchev–Trinajstić information content (AvgIpc) is 2.96. The second kappa shape index (κ2) is 7.32. The number of hydrogen-bond donors (Lipinski definition) is 2. The first-order chi connectivity index (χ1) is 11.3. The highest BCUT2D eigenvalue weighted by Gasteiger charge is 2.38. The molecule has 0 radical (unpaired) electrons. The summed E-state index contributed by atoms with van der Waals surface area (Å²) in [6.45, 7) is -0.0272. The Bertz CT molecular complexity index is 856. The number of hydrogen-bond acceptors (Lipinski definition) is 6. The van der Waals surface area contributed by atoms with Gasteiger partial charge < -0.3 is 10.3 Å². The molecule has 1 saturated carbocycles. The van der Waals surface area contributed by atoms with Crippen LogP contribution >= 0.6 is 12.4 Å². The van der Waals surface area contributed by atoms with Gasteiger partial charge in [0, 0.05) is 13.0 Å². The molecule has 1 aliphatic carbocycles. The van der Waals surface area contributed by atoms with E-state index in [1.807, 2.05) is 0 Å². The van der Waals surface area contributed by atoms with E-state index in [9.17, 15) is 17.2 Å². The highest BCUT2D eigenvalue weighted by Crippen LogP contribution is 2.36. The summed E-state index contributed by atoms with van der Waals surface area (Å²) in [5.74, 6) is -1.66. The standard InChI is InChI=1S/C14H16F2N4O3S.ClH/c15-10-3-2-9(8-11(10)16)24(21,22)18-7-4-12-19-13(20-23-12)14(17)5-1-6-14;/h2-3,8,18H,1,4-7,17H2;1H. The second-order valence-electron chi connectivity index (χ2n) is 5.75. The molecule has 1 fully saturated rings. The third-order valence-electron chi connectivity index (χ3n) is 3.99. The fraction of sp³-hybridized carbons (Fsp3) is 0.429. The lowest BCUT2D eigenvalue weighted by atomic mass is 9.77. The van der Waals surface area contributed by atoms with Gasteiger partial charge in [0.2, 0.25) is 15.9 Å². The van der Waals surface area contributed by atoms with E-state index in [1.54, 1.807) is 0 Å². The zero-order valence-electron chi connectivity index (χ0n) is 13.0. The van der Waals surface area contributed by atoms with Crippen LogP contribution in [0.25, 0.3) is 0 Å². The van der Waals surface area contributed by atoms with Crippen molar-refractivity contribution < 1.29 is 21.7 Å². The SMILES string of the molecule is Cl.NC1(c2noc(CCNS(=O)(=O)c3ccc(F)c(F)c3)n2)CCC1. The molecule has 1 aromatic carbocycles. The van der Waals surface area contributed by atoms with Crippen LogP contribution in [0.1, 0.15) is 31.0 Å². The minimum Gasteiger partial charge on any atom is -0.339 e. The molecule has 1 aromatic heterocycles. The number of sulfonamides is 1. The van der Waals surface area contributed by atoms with Crippen LogP contribution in [0.3, 0.4) is 0 Å². The molecule has 3 rings (SSSR count). The summed E-state index contributed by atoms with van der Waals surface area (Å²) >= 11 is 0. The maximum Gasteiger partial charge on any atom is 0.240 e. The Morgan fingerprint density at radius 2 is 2.00 bits per heavy atom. The molecular weight excluding hydrogens is 378 g/mol. The van der Waals surface area contributed by atoms with E-state index in [4.69, 9.17) is 10.3 Å². The minimum absolute atomic E-state index is 0. The number of benzene rings is 1. The summed E-state index contributed by atoms with van der Waals surface area (Å²) in [5.41, 5.74) is 5.53. The summed E-state index contributed by atoms with van der Waals surface area (Å²) in [4.78, 5) is 3.82. The van der Waals surface area contributed by atoms with Crippen LogP contribution in [0.15, 0.2) is 27.6 Å². The average molecular weight is 395 g/mol. The Balaban J connectivity index is 0.00000225. The Hall–Kier alpha value is -1.62. The van der Waals surface area contributed by atoms with Crippen LogP contribution in [0.5, 0.6) is 0 Å². The van der Waals surface area contributed by atoms with Crippen molar-refractivity contribution in [3.63, 3.8) is 0 Å². The van der Waals surface area contributed by atoms with E-state index in [2.05, 4.69) is 14.9 Å². The Morgan fingerprint density at radius 1 is 1.28 bits per heavy atom. The Morgan fingerprint density at radius 3 is 2.60 bits per heavy atom. The molecule has 7 nitrogen and oxygen atoms in total. The van der Waals surface area contributed by atoms with E-state index < -0.39 is 27.2 Å². The predicted molar refractivity (Wildman–Crippen MR) is 86.5 cm³/mol. The van der Waals surface area contributed by atoms with E-state index in [0.29, 0.717) is 11.9 Å². The molecule has 0 saturated heterocycles. The molecule has 0 amide bonds. The lowest BCUT2D eigenvalue weighted by Gasteiger charge is -2.34. The molecule has 1 heterocycles. The van der Waals surface area contributed by atoms with Crippen LogP contribution < -0.4 is 10.5 Å². The van der Waals surface area contributed by atoms with Gasteiger partial charge in [0.15, 0.2) is 17.5 Å². The van der Waals surface area contributed by atoms with Crippen molar-refractivity contribution in [2.24, 2.45) is 5.73 Å². The van der Waals surface area contributed by atoms with Crippen molar-refractivity contribution in [2.75, 3.05) is 6.54 Å². The molecule has 0 atom stereocenters. The predicted octanol–water partition coefficient (Wildman–Crippen LogP) is 1.63. The van der Waals surface area contributed by atoms with Crippen LogP contribution in [-0.2, 0) is 22.0 Å². The van der Waals surface area contributed by atoms with Gasteiger partial charge in [-0.2, -0.15) is 4.98 Å². The summed E-state index contributed by atoms with van der Waals surface area (Å²) < 4.78 is 57.4. The lowest BCUT2D eigenvalue weighted by molar-refractivity contribution is 0.229. The van der Waals surface area contributed by atoms with Crippen molar-refractivity contribution in [1.29, 1.82) is 0 Å². The number of nitrogens with one attached hydrogen (secondary N) is 1. The largest absolute Gasteiger partial charge is 0.339 e. The van der Waals surface area contributed by atoms with Gasteiger partial charge in [-0.25, -0.2) is 21.9 Å². The van der Waals surface area contributed by atoms with Crippen molar-refractivity contribution in [3.05, 3.63) is 41.5 Å². The van der Waals surface area contributed by atoms with Gasteiger partial charge in [-0.05, 0) is 37.5 Å². The first-order valence-corrected chi connectivity index (χ1v) is 8.85. The van der Waals surface area contributed by atoms with Crippen LogP contribution in [0.2, 0.25) is 0 Å². The molecule has 1 aliphatic rings. The van der Waals surface area contributed by atoms with Crippen LogP contribution in [-0.4, -0.2) is 25.1 Å². The molecule has 0 unspecified atom stereocenters. The normalized spacial score (nSPS) is 16.1. The monoisotopic (exact) mass is 394 g/mol. The first kappa shape index (κ1) is 19.7. The molecule has 25 heavy (non-hydrogen) atoms. The van der Waals surface area contributed by atoms with Crippen molar-refractivity contribution in [2.45, 2.75) is 36.1 Å². The molecular formula is C14H17ClF2N4O3S. The van der Waals surface area contributed by atoms with E-state index in [0.717, 1.165) is 31.4 Å². The highest BCUT2D eigenvalue weighted by atomic mass is 35.5. The molecule has 11 heteroatoms. The molecule has 138 valence electrons. The number of halogens is 3. The molecule has 3 N–H and O–H groups in total. The van der Waals surface area contributed by atoms with Crippen LogP contribution in [0, 0.1) is 11.6 Å². The molecule has 0 spiro atoms. The third-order valence-corrected chi connectivity index (χ3v) is 5.45. The van der Waals surface area contributed by atoms with Gasteiger partial charge in [0.1, 0.15) is 0 Å². The lowest BCUT2D eigenvalue weighted by Crippen LogP contribution is -2.44. The number of aromatic nitrogens is 2. The van der Waals surface area contributed by atoms with Crippen molar-refractivity contribution >= 4 is 22.4 Å². The van der Waals surface area contributed by atoms with Crippen molar-refractivity contribution in [3.8, 4) is 0 Å². The molecule has 0 bridgehead atoms. The zero-order chi connectivity index (χ0) is 17.4. The molecule has 2 aromatic rings. The highest BCUT2D eigenvalue weighted by molar-refractivity contribution is 7.89. The smallest absolute Gasteiger partial charge is 0.240 e. The maximum atomic E-state index is 13.1. The summed E-state index contributed by atoms with van der Waals surface area (Å²) in [6, 6.07) is 2.37. The minimum atomic E-state index is -3.96. The van der Waals surface area contributed by atoms with E-state index >= 15 is 0 Å². The zero-order valence-corrected chi connectivity index (χ0v) is 14.7. The van der Waals surface area contributed by atoms with Gasteiger partial charge >= 0.3 is 0 Å². The van der Waals surface area contributed by atoms with Crippen LogP contribution in [0.4, 0.5) is 8.78 Å². The quantitative estimate of drug-likeness (QED) is 0.770. The summed E-state index contributed by atoms with van der Waals surface area (Å²) in [7, 11) is -3.96. The topological polar surface area (TPSA) is 111 Å². The van der Waals surface area contributed by atoms with Gasteiger partial charge in [0.25, 0.3) is 0 Å². The fourth-order valence-electron chi connectivity index (χ4n) is 2.36. The van der Waals surface area contributed by atoms with Gasteiger partial charge in [0.05, 0.1) is 10.4 Å². The van der Waals surface area contributed by atoms with E-state index in [1.165, 1.54) is 0 Å². The third kappa shape index (κ3) is 4.14. The molecule has 0 aliphatic heterocycles. The number of rotatable bonds is 6. The maximum absolute atomic E-state index is 13.1. The first-order valence-electron chi connectivity index (χ1n) is 7.37. The number of nitrogens with two attached hydrogens (primary N) is 1. The summed E-state index contributed by atoms with van der Waals surface area (Å²) in [5, 5.41) is 3.82. The van der Waals surface area contributed by atoms with Gasteiger partial charge in [-0.3, -0.25) is 0 Å². The van der Waals surface area contributed by atoms with Gasteiger partial charge in [-0.1, -0.05) is 5.16 Å². The number of nitrogens with zero attached hydrogens (tertiary/aromatic N) is 2. The Kier molecular flexibility index (Phi) is 5.77. The second-order valence-corrected chi connectivity index (χ2v) is 7.51. The van der Waals surface area contributed by atoms with E-state index in [-0.39, 0.29) is 36.2 Å². The summed E-state index contributed by atoms with van der Waals surface area (Å²) in [6.07, 6.45) is 2.74. The fourth-order valence-corrected chi connectivity index (χ4v) is 3.40. The van der Waals surface area contributed by atoms with Crippen molar-refractivity contribution in [1.82, 2.24) is 14.9 Å².